The summed E-state index contributed by atoms with van der Waals surface area (Å²) in [5.74, 6) is -0.964. The summed E-state index contributed by atoms with van der Waals surface area (Å²) in [6, 6.07) is 5.64. The van der Waals surface area contributed by atoms with Crippen molar-refractivity contribution < 1.29 is 23.8 Å². The Labute approximate surface area is 123 Å². The quantitative estimate of drug-likeness (QED) is 0.722. The first-order valence-corrected chi connectivity index (χ1v) is 6.70. The fourth-order valence-corrected chi connectivity index (χ4v) is 1.82. The maximum Gasteiger partial charge on any atom is 0.305 e. The molecule has 6 heteroatoms. The van der Waals surface area contributed by atoms with Gasteiger partial charge >= 0.3 is 5.97 Å². The number of ether oxygens (including phenoxy) is 1. The summed E-state index contributed by atoms with van der Waals surface area (Å²) >= 11 is 0. The van der Waals surface area contributed by atoms with E-state index < -0.39 is 11.5 Å². The van der Waals surface area contributed by atoms with Crippen LogP contribution in [0.2, 0.25) is 0 Å². The standard InChI is InChI=1S/C15H20FNO4/c1-15(2,10-14(19)20)17-13(18)4-3-9-21-12-7-5-11(16)6-8-12/h5-8H,3-4,9-10H2,1-2H3,(H,17,18)(H,19,20). The van der Waals surface area contributed by atoms with E-state index in [1.54, 1.807) is 13.8 Å². The van der Waals surface area contributed by atoms with Gasteiger partial charge < -0.3 is 15.2 Å². The van der Waals surface area contributed by atoms with Gasteiger partial charge in [-0.15, -0.1) is 0 Å². The number of carboxylic acid groups (broad SMARTS) is 1. The fourth-order valence-electron chi connectivity index (χ4n) is 1.82. The number of benzene rings is 1. The number of amides is 1. The number of carbonyl (C=O) groups excluding carboxylic acids is 1. The van der Waals surface area contributed by atoms with Crippen LogP contribution in [0.3, 0.4) is 0 Å². The van der Waals surface area contributed by atoms with Crippen LogP contribution in [0.5, 0.6) is 5.75 Å². The Morgan fingerprint density at radius 1 is 1.29 bits per heavy atom. The van der Waals surface area contributed by atoms with Crippen molar-refractivity contribution in [1.82, 2.24) is 5.32 Å². The second-order valence-corrected chi connectivity index (χ2v) is 5.41. The highest BCUT2D eigenvalue weighted by Crippen LogP contribution is 2.12. The van der Waals surface area contributed by atoms with Gasteiger partial charge in [0.05, 0.1) is 13.0 Å². The molecule has 0 bridgehead atoms. The molecule has 1 rings (SSSR count). The molecule has 0 heterocycles. The van der Waals surface area contributed by atoms with Crippen molar-refractivity contribution >= 4 is 11.9 Å². The largest absolute Gasteiger partial charge is 0.494 e. The molecule has 0 radical (unpaired) electrons. The van der Waals surface area contributed by atoms with Crippen LogP contribution in [-0.2, 0) is 9.59 Å². The minimum atomic E-state index is -0.958. The summed E-state index contributed by atoms with van der Waals surface area (Å²) in [7, 11) is 0. The Morgan fingerprint density at radius 3 is 2.48 bits per heavy atom. The van der Waals surface area contributed by atoms with Gasteiger partial charge in [-0.3, -0.25) is 9.59 Å². The van der Waals surface area contributed by atoms with E-state index in [0.717, 1.165) is 0 Å². The maximum absolute atomic E-state index is 12.7. The third-order valence-corrected chi connectivity index (χ3v) is 2.70. The first-order chi connectivity index (χ1) is 9.78. The first kappa shape index (κ1) is 16.9. The number of carboxylic acids is 1. The number of hydrogen-bond donors (Lipinski definition) is 2. The van der Waals surface area contributed by atoms with Crippen molar-refractivity contribution in [2.24, 2.45) is 0 Å². The number of aliphatic carboxylic acids is 1. The molecule has 0 saturated heterocycles. The Hall–Kier alpha value is -2.11. The molecule has 1 aromatic carbocycles. The van der Waals surface area contributed by atoms with E-state index in [4.69, 9.17) is 9.84 Å². The molecule has 0 atom stereocenters. The molecule has 1 aromatic rings. The predicted octanol–water partition coefficient (Wildman–Crippen LogP) is 2.35. The highest BCUT2D eigenvalue weighted by atomic mass is 19.1. The Bertz CT molecular complexity index is 485. The number of hydrogen-bond acceptors (Lipinski definition) is 3. The molecule has 1 amide bonds. The van der Waals surface area contributed by atoms with Crippen LogP contribution in [-0.4, -0.2) is 29.1 Å². The minimum Gasteiger partial charge on any atom is -0.494 e. The van der Waals surface area contributed by atoms with Gasteiger partial charge in [0.2, 0.25) is 5.91 Å². The van der Waals surface area contributed by atoms with E-state index in [-0.39, 0.29) is 24.6 Å². The van der Waals surface area contributed by atoms with Crippen molar-refractivity contribution in [3.8, 4) is 5.75 Å². The molecule has 0 aliphatic carbocycles. The summed E-state index contributed by atoms with van der Waals surface area (Å²) < 4.78 is 18.0. The lowest BCUT2D eigenvalue weighted by Crippen LogP contribution is -2.44. The van der Waals surface area contributed by atoms with E-state index in [1.807, 2.05) is 0 Å². The Balaban J connectivity index is 2.24. The van der Waals surface area contributed by atoms with Crippen molar-refractivity contribution in [1.29, 1.82) is 0 Å². The zero-order chi connectivity index (χ0) is 15.9. The van der Waals surface area contributed by atoms with Crippen LogP contribution < -0.4 is 10.1 Å². The van der Waals surface area contributed by atoms with Gasteiger partial charge in [-0.2, -0.15) is 0 Å². The third-order valence-electron chi connectivity index (χ3n) is 2.70. The maximum atomic E-state index is 12.7. The number of halogens is 1. The molecule has 116 valence electrons. The molecule has 0 aromatic heterocycles. The van der Waals surface area contributed by atoms with E-state index >= 15 is 0 Å². The van der Waals surface area contributed by atoms with Crippen LogP contribution in [0.25, 0.3) is 0 Å². The lowest BCUT2D eigenvalue weighted by molar-refractivity contribution is -0.138. The fraction of sp³-hybridized carbons (Fsp3) is 0.467. The Kier molecular flexibility index (Phi) is 6.14. The number of carbonyl (C=O) groups is 2. The Morgan fingerprint density at radius 2 is 1.90 bits per heavy atom. The molecule has 0 fully saturated rings. The summed E-state index contributed by atoms with van der Waals surface area (Å²) in [6.07, 6.45) is 0.599. The summed E-state index contributed by atoms with van der Waals surface area (Å²) in [6.45, 7) is 3.65. The van der Waals surface area contributed by atoms with Crippen molar-refractivity contribution in [2.45, 2.75) is 38.6 Å². The van der Waals surface area contributed by atoms with Gasteiger partial charge in [-0.25, -0.2) is 4.39 Å². The number of nitrogens with one attached hydrogen (secondary N) is 1. The smallest absolute Gasteiger partial charge is 0.305 e. The second kappa shape index (κ2) is 7.61. The highest BCUT2D eigenvalue weighted by Gasteiger charge is 2.23. The summed E-state index contributed by atoms with van der Waals surface area (Å²) in [5.41, 5.74) is -0.777. The zero-order valence-electron chi connectivity index (χ0n) is 12.2. The van der Waals surface area contributed by atoms with Gasteiger partial charge in [0.1, 0.15) is 11.6 Å². The number of rotatable bonds is 8. The normalized spacial score (nSPS) is 11.0. The van der Waals surface area contributed by atoms with Gasteiger partial charge in [-0.05, 0) is 44.5 Å². The van der Waals surface area contributed by atoms with Gasteiger partial charge in [0.25, 0.3) is 0 Å². The predicted molar refractivity (Wildman–Crippen MR) is 75.6 cm³/mol. The SMILES string of the molecule is CC(C)(CC(=O)O)NC(=O)CCCOc1ccc(F)cc1. The molecule has 5 nitrogen and oxygen atoms in total. The average Bonchev–Trinajstić information content (AvgIpc) is 2.34. The highest BCUT2D eigenvalue weighted by molar-refractivity contribution is 5.78. The summed E-state index contributed by atoms with van der Waals surface area (Å²) in [5, 5.41) is 11.4. The van der Waals surface area contributed by atoms with E-state index in [1.165, 1.54) is 24.3 Å². The van der Waals surface area contributed by atoms with Crippen molar-refractivity contribution in [3.63, 3.8) is 0 Å². The lowest BCUT2D eigenvalue weighted by Gasteiger charge is -2.24. The zero-order valence-corrected chi connectivity index (χ0v) is 12.2. The molecule has 0 spiro atoms. The van der Waals surface area contributed by atoms with Crippen LogP contribution in [0.4, 0.5) is 4.39 Å². The van der Waals surface area contributed by atoms with Crippen molar-refractivity contribution in [2.75, 3.05) is 6.61 Å². The first-order valence-electron chi connectivity index (χ1n) is 6.70. The van der Waals surface area contributed by atoms with Gasteiger partial charge in [0.15, 0.2) is 0 Å². The monoisotopic (exact) mass is 297 g/mol. The summed E-state index contributed by atoms with van der Waals surface area (Å²) in [4.78, 5) is 22.3. The van der Waals surface area contributed by atoms with Crippen molar-refractivity contribution in [3.05, 3.63) is 30.1 Å². The topological polar surface area (TPSA) is 75.6 Å². The molecular weight excluding hydrogens is 277 g/mol. The van der Waals surface area contributed by atoms with E-state index in [0.29, 0.717) is 18.8 Å². The van der Waals surface area contributed by atoms with E-state index in [9.17, 15) is 14.0 Å². The molecule has 0 aliphatic rings. The van der Waals surface area contributed by atoms with Gasteiger partial charge in [-0.1, -0.05) is 0 Å². The van der Waals surface area contributed by atoms with Crippen LogP contribution in [0, 0.1) is 5.82 Å². The molecule has 21 heavy (non-hydrogen) atoms. The molecule has 0 unspecified atom stereocenters. The molecule has 2 N–H and O–H groups in total. The van der Waals surface area contributed by atoms with Crippen LogP contribution in [0.1, 0.15) is 33.1 Å². The second-order valence-electron chi connectivity index (χ2n) is 5.41. The average molecular weight is 297 g/mol. The van der Waals surface area contributed by atoms with E-state index in [2.05, 4.69) is 5.32 Å². The van der Waals surface area contributed by atoms with Crippen LogP contribution >= 0.6 is 0 Å². The third kappa shape index (κ3) is 7.29. The minimum absolute atomic E-state index is 0.134. The van der Waals surface area contributed by atoms with Gasteiger partial charge in [0, 0.05) is 12.0 Å². The van der Waals surface area contributed by atoms with Crippen LogP contribution in [0.15, 0.2) is 24.3 Å². The lowest BCUT2D eigenvalue weighted by atomic mass is 10.0. The molecule has 0 saturated carbocycles. The molecule has 0 aliphatic heterocycles. The molecular formula is C15H20FNO4.